The van der Waals surface area contributed by atoms with Gasteiger partial charge in [0, 0.05) is 44.0 Å². The van der Waals surface area contributed by atoms with Crippen LogP contribution in [-0.2, 0) is 14.3 Å². The zero-order valence-corrected chi connectivity index (χ0v) is 15.0. The number of aromatic nitrogens is 2. The molecule has 7 heteroatoms. The Bertz CT molecular complexity index is 652. The molecule has 3 aliphatic heterocycles. The molecule has 4 heterocycles. The highest BCUT2D eigenvalue weighted by atomic mass is 16.5. The molecule has 1 aromatic rings. The lowest BCUT2D eigenvalue weighted by molar-refractivity contribution is -0.145. The van der Waals surface area contributed by atoms with Gasteiger partial charge in [-0.3, -0.25) is 4.79 Å². The molecule has 2 unspecified atom stereocenters. The van der Waals surface area contributed by atoms with Crippen LogP contribution in [0.25, 0.3) is 0 Å². The van der Waals surface area contributed by atoms with Crippen LogP contribution in [0, 0.1) is 17.8 Å². The zero-order valence-electron chi connectivity index (χ0n) is 15.0. The molecule has 1 aromatic heterocycles. The maximum Gasteiger partial charge on any atom is 0.226 e. The third-order valence-electron chi connectivity index (χ3n) is 6.62. The first kappa shape index (κ1) is 16.4. The predicted octanol–water partition coefficient (Wildman–Crippen LogP) is 1.32. The van der Waals surface area contributed by atoms with Crippen LogP contribution >= 0.6 is 0 Å². The smallest absolute Gasteiger partial charge is 0.226 e. The zero-order chi connectivity index (χ0) is 17.6. The van der Waals surface area contributed by atoms with Crippen molar-refractivity contribution in [2.45, 2.75) is 37.3 Å². The quantitative estimate of drug-likeness (QED) is 0.878. The predicted molar refractivity (Wildman–Crippen MR) is 94.5 cm³/mol. The van der Waals surface area contributed by atoms with Crippen molar-refractivity contribution in [1.82, 2.24) is 14.9 Å². The molecule has 0 bridgehead atoms. The number of carbonyl (C=O) groups excluding carboxylic acids is 1. The standard InChI is InChI=1S/C19H26N4O3/c24-17(16-14-11-25-12-15(14)16)23-7-3-19(4-8-23)10-13(2-9-26-19)22-18-20-5-1-6-21-18/h1,5-6,13-16H,2-4,7-12H2,(H,20,21,22)/t13?,14-,15+,16?. The van der Waals surface area contributed by atoms with E-state index in [0.29, 0.717) is 29.7 Å². The van der Waals surface area contributed by atoms with Crippen molar-refractivity contribution in [2.75, 3.05) is 38.2 Å². The summed E-state index contributed by atoms with van der Waals surface area (Å²) in [4.78, 5) is 23.4. The Morgan fingerprint density at radius 1 is 1.19 bits per heavy atom. The van der Waals surface area contributed by atoms with E-state index in [1.54, 1.807) is 12.4 Å². The Morgan fingerprint density at radius 2 is 1.92 bits per heavy atom. The minimum atomic E-state index is -0.107. The fraction of sp³-hybridized carbons (Fsp3) is 0.737. The van der Waals surface area contributed by atoms with Crippen LogP contribution in [0.2, 0.25) is 0 Å². The van der Waals surface area contributed by atoms with Gasteiger partial charge in [-0.15, -0.1) is 0 Å². The first-order valence-electron chi connectivity index (χ1n) is 9.78. The van der Waals surface area contributed by atoms with Crippen LogP contribution in [0.3, 0.4) is 0 Å². The van der Waals surface area contributed by atoms with Crippen LogP contribution in [0.5, 0.6) is 0 Å². The number of amides is 1. The lowest BCUT2D eigenvalue weighted by Gasteiger charge is -2.46. The SMILES string of the molecule is O=C(C1[C@H]2COC[C@@H]12)N1CCC2(CC1)CC(Nc1ncccn1)CCO2. The second-order valence-electron chi connectivity index (χ2n) is 8.15. The Labute approximate surface area is 153 Å². The molecule has 140 valence electrons. The molecule has 1 N–H and O–H groups in total. The second kappa shape index (κ2) is 6.46. The van der Waals surface area contributed by atoms with Crippen LogP contribution in [-0.4, -0.2) is 65.3 Å². The summed E-state index contributed by atoms with van der Waals surface area (Å²) in [6.45, 7) is 3.92. The molecule has 4 atom stereocenters. The molecule has 0 aromatic carbocycles. The van der Waals surface area contributed by atoms with E-state index < -0.39 is 0 Å². The minimum Gasteiger partial charge on any atom is -0.381 e. The van der Waals surface area contributed by atoms with Gasteiger partial charge in [0.1, 0.15) is 0 Å². The van der Waals surface area contributed by atoms with Crippen molar-refractivity contribution in [3.05, 3.63) is 18.5 Å². The number of likely N-dealkylation sites (tertiary alicyclic amines) is 1. The minimum absolute atomic E-state index is 0.107. The van der Waals surface area contributed by atoms with E-state index in [2.05, 4.69) is 20.2 Å². The van der Waals surface area contributed by atoms with E-state index in [1.165, 1.54) is 0 Å². The molecule has 26 heavy (non-hydrogen) atoms. The van der Waals surface area contributed by atoms with Crippen molar-refractivity contribution in [1.29, 1.82) is 0 Å². The molecular formula is C19H26N4O3. The molecule has 4 fully saturated rings. The maximum atomic E-state index is 12.8. The summed E-state index contributed by atoms with van der Waals surface area (Å²) in [5.74, 6) is 2.24. The number of carbonyl (C=O) groups is 1. The number of hydrogen-bond donors (Lipinski definition) is 1. The van der Waals surface area contributed by atoms with Crippen LogP contribution in [0.1, 0.15) is 25.7 Å². The monoisotopic (exact) mass is 358 g/mol. The van der Waals surface area contributed by atoms with Crippen molar-refractivity contribution in [2.24, 2.45) is 17.8 Å². The van der Waals surface area contributed by atoms with Gasteiger partial charge >= 0.3 is 0 Å². The van der Waals surface area contributed by atoms with Gasteiger partial charge in [0.2, 0.25) is 11.9 Å². The average molecular weight is 358 g/mol. The van der Waals surface area contributed by atoms with E-state index in [0.717, 1.165) is 58.6 Å². The van der Waals surface area contributed by atoms with Gasteiger partial charge in [-0.2, -0.15) is 0 Å². The van der Waals surface area contributed by atoms with E-state index in [-0.39, 0.29) is 11.5 Å². The fourth-order valence-electron chi connectivity index (χ4n) is 5.01. The van der Waals surface area contributed by atoms with Gasteiger partial charge in [0.25, 0.3) is 0 Å². The average Bonchev–Trinajstić information content (AvgIpc) is 3.14. The Kier molecular flexibility index (Phi) is 4.09. The van der Waals surface area contributed by atoms with Crippen LogP contribution in [0.4, 0.5) is 5.95 Å². The second-order valence-corrected chi connectivity index (χ2v) is 8.15. The highest BCUT2D eigenvalue weighted by Crippen LogP contribution is 2.52. The summed E-state index contributed by atoms with van der Waals surface area (Å²) in [7, 11) is 0. The molecule has 1 spiro atoms. The molecule has 4 aliphatic rings. The molecule has 3 saturated heterocycles. The summed E-state index contributed by atoms with van der Waals surface area (Å²) in [5, 5.41) is 3.44. The number of nitrogens with zero attached hydrogens (tertiary/aromatic N) is 3. The Balaban J connectivity index is 1.17. The van der Waals surface area contributed by atoms with Gasteiger partial charge in [-0.1, -0.05) is 0 Å². The first-order valence-corrected chi connectivity index (χ1v) is 9.78. The van der Waals surface area contributed by atoms with Gasteiger partial charge in [0.05, 0.1) is 18.8 Å². The number of nitrogens with one attached hydrogen (secondary N) is 1. The van der Waals surface area contributed by atoms with E-state index in [1.807, 2.05) is 6.07 Å². The summed E-state index contributed by atoms with van der Waals surface area (Å²) in [5.41, 5.74) is -0.107. The highest BCUT2D eigenvalue weighted by Gasteiger charge is 2.59. The number of hydrogen-bond acceptors (Lipinski definition) is 6. The number of ether oxygens (including phenoxy) is 2. The van der Waals surface area contributed by atoms with Crippen LogP contribution < -0.4 is 5.32 Å². The van der Waals surface area contributed by atoms with Gasteiger partial charge < -0.3 is 19.7 Å². The summed E-state index contributed by atoms with van der Waals surface area (Å²) in [6.07, 6.45) is 7.28. The number of piperidine rings is 1. The normalized spacial score (nSPS) is 35.2. The molecule has 1 saturated carbocycles. The van der Waals surface area contributed by atoms with Crippen LogP contribution in [0.15, 0.2) is 18.5 Å². The molecule has 1 amide bonds. The number of fused-ring (bicyclic) bond motifs is 1. The molecule has 5 rings (SSSR count). The van der Waals surface area contributed by atoms with Gasteiger partial charge in [-0.25, -0.2) is 9.97 Å². The van der Waals surface area contributed by atoms with Crippen molar-refractivity contribution >= 4 is 11.9 Å². The third kappa shape index (κ3) is 2.97. The number of anilines is 1. The Hall–Kier alpha value is -1.73. The Morgan fingerprint density at radius 3 is 2.65 bits per heavy atom. The van der Waals surface area contributed by atoms with Crippen molar-refractivity contribution in [3.63, 3.8) is 0 Å². The largest absolute Gasteiger partial charge is 0.381 e. The fourth-order valence-corrected chi connectivity index (χ4v) is 5.01. The summed E-state index contributed by atoms with van der Waals surface area (Å²) in [6, 6.07) is 2.15. The molecule has 7 nitrogen and oxygen atoms in total. The topological polar surface area (TPSA) is 76.6 Å². The van der Waals surface area contributed by atoms with E-state index in [9.17, 15) is 4.79 Å². The highest BCUT2D eigenvalue weighted by molar-refractivity contribution is 5.82. The number of rotatable bonds is 3. The maximum absolute atomic E-state index is 12.8. The summed E-state index contributed by atoms with van der Waals surface area (Å²) >= 11 is 0. The summed E-state index contributed by atoms with van der Waals surface area (Å²) < 4.78 is 11.6. The van der Waals surface area contributed by atoms with E-state index in [4.69, 9.17) is 9.47 Å². The van der Waals surface area contributed by atoms with Crippen molar-refractivity contribution in [3.8, 4) is 0 Å². The molecule has 1 aliphatic carbocycles. The van der Waals surface area contributed by atoms with Crippen molar-refractivity contribution < 1.29 is 14.3 Å². The van der Waals surface area contributed by atoms with Gasteiger partial charge in [0.15, 0.2) is 0 Å². The third-order valence-corrected chi connectivity index (χ3v) is 6.62. The van der Waals surface area contributed by atoms with Gasteiger partial charge in [-0.05, 0) is 43.6 Å². The lowest BCUT2D eigenvalue weighted by Crippen LogP contribution is -2.53. The molecule has 0 radical (unpaired) electrons. The van der Waals surface area contributed by atoms with E-state index >= 15 is 0 Å². The molecular weight excluding hydrogens is 332 g/mol. The first-order chi connectivity index (χ1) is 12.7. The lowest BCUT2D eigenvalue weighted by atomic mass is 9.82.